The second kappa shape index (κ2) is 10.6. The molecule has 6 atom stereocenters. The Balaban J connectivity index is 1.58. The van der Waals surface area contributed by atoms with E-state index in [0.29, 0.717) is 30.3 Å². The molecule has 5 aliphatic rings. The molecule has 2 heterocycles. The topological polar surface area (TPSA) is 120 Å². The lowest BCUT2D eigenvalue weighted by molar-refractivity contribution is -0.152. The molecule has 0 N–H and O–H groups in total. The van der Waals surface area contributed by atoms with Gasteiger partial charge in [0, 0.05) is 11.0 Å². The first kappa shape index (κ1) is 30.1. The zero-order valence-corrected chi connectivity index (χ0v) is 26.7. The summed E-state index contributed by atoms with van der Waals surface area (Å²) >= 11 is 3.80. The lowest BCUT2D eigenvalue weighted by Crippen LogP contribution is -2.67. The normalized spacial score (nSPS) is 30.6. The van der Waals surface area contributed by atoms with E-state index in [-0.39, 0.29) is 23.6 Å². The number of benzene rings is 2. The van der Waals surface area contributed by atoms with Crippen molar-refractivity contribution >= 4 is 56.9 Å². The molecule has 3 aliphatic carbocycles. The maximum Gasteiger partial charge on any atom is 0.334 e. The number of hydrogen-bond acceptors (Lipinski definition) is 8. The summed E-state index contributed by atoms with van der Waals surface area (Å²) in [5.74, 6) is -6.68. The molecule has 2 unspecified atom stereocenters. The van der Waals surface area contributed by atoms with E-state index >= 15 is 0 Å². The summed E-state index contributed by atoms with van der Waals surface area (Å²) in [6.07, 6.45) is 0. The molecule has 44 heavy (non-hydrogen) atoms. The molecule has 0 aromatic heterocycles. The van der Waals surface area contributed by atoms with Gasteiger partial charge in [-0.2, -0.15) is 0 Å². The molecule has 0 spiro atoms. The number of carbonyl (C=O) groups is 5. The van der Waals surface area contributed by atoms with Crippen LogP contribution in [-0.4, -0.2) is 53.7 Å². The van der Waals surface area contributed by atoms with Crippen LogP contribution in [0.15, 0.2) is 59.7 Å². The van der Waals surface area contributed by atoms with Crippen LogP contribution in [0.5, 0.6) is 11.5 Å². The number of imide groups is 2. The number of amides is 4. The average Bonchev–Trinajstić information content (AvgIpc) is 3.43. The smallest absolute Gasteiger partial charge is 0.334 e. The maximum atomic E-state index is 14.6. The van der Waals surface area contributed by atoms with Crippen LogP contribution in [0, 0.1) is 29.1 Å². The van der Waals surface area contributed by atoms with Crippen molar-refractivity contribution in [1.82, 2.24) is 0 Å². The van der Waals surface area contributed by atoms with Gasteiger partial charge in [-0.1, -0.05) is 47.1 Å². The van der Waals surface area contributed by atoms with Gasteiger partial charge in [0.15, 0.2) is 0 Å². The first-order chi connectivity index (χ1) is 21.0. The van der Waals surface area contributed by atoms with Gasteiger partial charge in [0.2, 0.25) is 23.6 Å². The summed E-state index contributed by atoms with van der Waals surface area (Å²) in [5.41, 5.74) is -0.471. The fourth-order valence-electron chi connectivity index (χ4n) is 8.04. The Kier molecular flexibility index (Phi) is 7.22. The summed E-state index contributed by atoms with van der Waals surface area (Å²) in [6.45, 7) is 9.26. The predicted molar refractivity (Wildman–Crippen MR) is 163 cm³/mol. The second-order valence-electron chi connectivity index (χ2n) is 11.5. The number of ether oxygens (including phenoxy) is 3. The van der Waals surface area contributed by atoms with Gasteiger partial charge in [0.25, 0.3) is 0 Å². The quantitative estimate of drug-likeness (QED) is 0.231. The van der Waals surface area contributed by atoms with E-state index in [1.165, 1.54) is 0 Å². The van der Waals surface area contributed by atoms with E-state index in [9.17, 15) is 24.0 Å². The molecule has 7 rings (SSSR count). The Bertz CT molecular complexity index is 1560. The molecule has 2 aromatic rings. The van der Waals surface area contributed by atoms with Crippen molar-refractivity contribution in [2.75, 3.05) is 29.6 Å². The first-order valence-corrected chi connectivity index (χ1v) is 15.6. The largest absolute Gasteiger partial charge is 0.492 e. The van der Waals surface area contributed by atoms with Crippen LogP contribution in [0.2, 0.25) is 0 Å². The van der Waals surface area contributed by atoms with Gasteiger partial charge in [-0.25, -0.2) is 14.6 Å². The van der Waals surface area contributed by atoms with Crippen LogP contribution in [0.4, 0.5) is 11.4 Å². The number of esters is 1. The van der Waals surface area contributed by atoms with Gasteiger partial charge in [0.05, 0.1) is 59.2 Å². The van der Waals surface area contributed by atoms with Gasteiger partial charge in [-0.05, 0) is 57.5 Å². The second-order valence-corrected chi connectivity index (χ2v) is 12.8. The molecule has 1 saturated carbocycles. The highest BCUT2D eigenvalue weighted by atomic mass is 79.9. The Hall–Kier alpha value is -3.99. The highest BCUT2D eigenvalue weighted by Crippen LogP contribution is 2.73. The molecular formula is C33H33BrN2O8. The van der Waals surface area contributed by atoms with Gasteiger partial charge in [-0.3, -0.25) is 19.2 Å². The standard InChI is InChI=1S/C33H33BrN2O8/c1-6-42-20-15-11-9-13-18(20)35-27(37)23-25(29(35)39)33(34)17(4)22(31(41)44-8-3)32(23,5)24-26(33)30(40)36(28(24)38)19-14-10-12-16-21(19)43-7-2/h9-16,23-26H,6-8H2,1-5H3/t23-,24-,25-,26+,32?,33?/m1/s1. The van der Waals surface area contributed by atoms with Crippen molar-refractivity contribution < 1.29 is 38.2 Å². The van der Waals surface area contributed by atoms with Gasteiger partial charge in [0.1, 0.15) is 11.5 Å². The number of nitrogens with zero attached hydrogens (tertiary/aromatic N) is 2. The van der Waals surface area contributed by atoms with Crippen molar-refractivity contribution in [3.05, 3.63) is 59.7 Å². The van der Waals surface area contributed by atoms with E-state index in [2.05, 4.69) is 15.9 Å². The number of carbonyl (C=O) groups excluding carboxylic acids is 5. The average molecular weight is 666 g/mol. The Morgan fingerprint density at radius 3 is 1.55 bits per heavy atom. The summed E-state index contributed by atoms with van der Waals surface area (Å²) in [6, 6.07) is 13.5. The zero-order valence-electron chi connectivity index (χ0n) is 25.1. The van der Waals surface area contributed by atoms with Crippen LogP contribution in [0.25, 0.3) is 0 Å². The van der Waals surface area contributed by atoms with Crippen LogP contribution >= 0.6 is 15.9 Å². The van der Waals surface area contributed by atoms with Crippen LogP contribution in [-0.2, 0) is 28.7 Å². The number of hydrogen-bond donors (Lipinski definition) is 0. The molecule has 2 aromatic carbocycles. The monoisotopic (exact) mass is 664 g/mol. The van der Waals surface area contributed by atoms with Crippen molar-refractivity contribution in [3.8, 4) is 11.5 Å². The lowest BCUT2D eigenvalue weighted by atomic mass is 9.43. The number of alkyl halides is 1. The van der Waals surface area contributed by atoms with E-state index in [1.807, 2.05) is 0 Å². The minimum absolute atomic E-state index is 0.0602. The highest BCUT2D eigenvalue weighted by molar-refractivity contribution is 9.10. The maximum absolute atomic E-state index is 14.6. The van der Waals surface area contributed by atoms with Crippen molar-refractivity contribution in [2.24, 2.45) is 29.1 Å². The van der Waals surface area contributed by atoms with E-state index in [4.69, 9.17) is 14.2 Å². The summed E-state index contributed by atoms with van der Waals surface area (Å²) < 4.78 is 15.5. The molecule has 3 fully saturated rings. The van der Waals surface area contributed by atoms with E-state index in [1.54, 1.807) is 83.1 Å². The SMILES string of the molecule is CCOC(=O)C1=C(C)C2(Br)[C@@H]3C(=O)N(c4ccccc4OCC)C(=O)[C@@H]3C1(C)[C@H]1C(=O)N(c3ccccc3OCC)C(=O)[C@@H]12. The number of rotatable bonds is 8. The van der Waals surface area contributed by atoms with Crippen LogP contribution in [0.1, 0.15) is 34.6 Å². The summed E-state index contributed by atoms with van der Waals surface area (Å²) in [4.78, 5) is 74.1. The highest BCUT2D eigenvalue weighted by Gasteiger charge is 2.82. The first-order valence-electron chi connectivity index (χ1n) is 14.8. The fraction of sp³-hybridized carbons (Fsp3) is 0.424. The van der Waals surface area contributed by atoms with Gasteiger partial charge >= 0.3 is 5.97 Å². The number of anilines is 2. The number of halogens is 1. The van der Waals surface area contributed by atoms with Crippen molar-refractivity contribution in [2.45, 2.75) is 38.9 Å². The third-order valence-corrected chi connectivity index (χ3v) is 11.2. The molecule has 230 valence electrons. The van der Waals surface area contributed by atoms with Crippen molar-refractivity contribution in [3.63, 3.8) is 0 Å². The Morgan fingerprint density at radius 1 is 0.727 bits per heavy atom. The molecule has 2 saturated heterocycles. The van der Waals surface area contributed by atoms with E-state index < -0.39 is 63.0 Å². The van der Waals surface area contributed by atoms with Crippen LogP contribution in [0.3, 0.4) is 0 Å². The Morgan fingerprint density at radius 2 is 1.14 bits per heavy atom. The van der Waals surface area contributed by atoms with Crippen LogP contribution < -0.4 is 19.3 Å². The third-order valence-electron chi connectivity index (χ3n) is 9.59. The molecule has 0 radical (unpaired) electrons. The third kappa shape index (κ3) is 3.68. The Labute approximate surface area is 263 Å². The molecule has 4 amide bonds. The summed E-state index contributed by atoms with van der Waals surface area (Å²) in [7, 11) is 0. The van der Waals surface area contributed by atoms with E-state index in [0.717, 1.165) is 9.80 Å². The predicted octanol–water partition coefficient (Wildman–Crippen LogP) is 4.44. The fourth-order valence-corrected chi connectivity index (χ4v) is 9.16. The molecule has 2 aliphatic heterocycles. The minimum atomic E-state index is -1.55. The number of allylic oxidation sites excluding steroid dienone is 1. The molecule has 11 heteroatoms. The minimum Gasteiger partial charge on any atom is -0.492 e. The molecule has 2 bridgehead atoms. The van der Waals surface area contributed by atoms with Gasteiger partial charge < -0.3 is 14.2 Å². The molecular weight excluding hydrogens is 632 g/mol. The zero-order chi connectivity index (χ0) is 31.7. The van der Waals surface area contributed by atoms with Gasteiger partial charge in [-0.15, -0.1) is 0 Å². The lowest BCUT2D eigenvalue weighted by Gasteiger charge is -2.59. The summed E-state index contributed by atoms with van der Waals surface area (Å²) in [5, 5.41) is 0. The number of para-hydroxylation sites is 4. The molecule has 10 nitrogen and oxygen atoms in total. The van der Waals surface area contributed by atoms with Crippen molar-refractivity contribution in [1.29, 1.82) is 0 Å².